The largest absolute Gasteiger partial charge is 0.381 e. The molecule has 1 fully saturated rings. The highest BCUT2D eigenvalue weighted by Crippen LogP contribution is 2.30. The van der Waals surface area contributed by atoms with Gasteiger partial charge >= 0.3 is 0 Å². The van der Waals surface area contributed by atoms with Crippen molar-refractivity contribution in [3.63, 3.8) is 0 Å². The topological polar surface area (TPSA) is 62.3 Å². The van der Waals surface area contributed by atoms with E-state index in [9.17, 15) is 0 Å². The Bertz CT molecular complexity index is 380. The van der Waals surface area contributed by atoms with E-state index in [0.29, 0.717) is 6.61 Å². The maximum absolute atomic E-state index is 6.42. The van der Waals surface area contributed by atoms with Crippen molar-refractivity contribution in [2.24, 2.45) is 12.8 Å². The van der Waals surface area contributed by atoms with Crippen LogP contribution in [0.3, 0.4) is 0 Å². The molecule has 1 aliphatic rings. The zero-order valence-electron chi connectivity index (χ0n) is 12.0. The molecule has 5 heteroatoms. The minimum absolute atomic E-state index is 0.0524. The normalized spacial score (nSPS) is 20.4. The molecule has 2 rings (SSSR count). The molecule has 0 amide bonds. The number of hydrogen-bond acceptors (Lipinski definition) is 4. The van der Waals surface area contributed by atoms with Crippen LogP contribution in [-0.2, 0) is 22.9 Å². The van der Waals surface area contributed by atoms with Crippen LogP contribution in [0.2, 0.25) is 0 Å². The fourth-order valence-corrected chi connectivity index (χ4v) is 2.81. The fraction of sp³-hybridized carbons (Fsp3) is 0.786. The summed E-state index contributed by atoms with van der Waals surface area (Å²) >= 11 is 0. The zero-order valence-corrected chi connectivity index (χ0v) is 12.0. The molecular weight excluding hydrogens is 242 g/mol. The van der Waals surface area contributed by atoms with Crippen LogP contribution in [0, 0.1) is 0 Å². The van der Waals surface area contributed by atoms with Gasteiger partial charge in [-0.05, 0) is 25.3 Å². The summed E-state index contributed by atoms with van der Waals surface area (Å²) in [6, 6.07) is 0.0524. The standard InChI is InChI=1S/C14H25N3O2/c1-3-19-14(6-8-18-9-7-14)13(15)5-4-12-10-16-17(2)11-12/h10-11,13H,3-9,15H2,1-2H3. The van der Waals surface area contributed by atoms with E-state index in [1.54, 1.807) is 0 Å². The Morgan fingerprint density at radius 2 is 2.26 bits per heavy atom. The second kappa shape index (κ2) is 6.50. The van der Waals surface area contributed by atoms with Gasteiger partial charge < -0.3 is 15.2 Å². The second-order valence-corrected chi connectivity index (χ2v) is 5.28. The predicted molar refractivity (Wildman–Crippen MR) is 73.9 cm³/mol. The number of hydrogen-bond donors (Lipinski definition) is 1. The highest BCUT2D eigenvalue weighted by atomic mass is 16.5. The molecule has 2 N–H and O–H groups in total. The highest BCUT2D eigenvalue weighted by Gasteiger charge is 2.38. The third-order valence-corrected chi connectivity index (χ3v) is 3.95. The van der Waals surface area contributed by atoms with Crippen LogP contribution in [0.5, 0.6) is 0 Å². The van der Waals surface area contributed by atoms with Gasteiger partial charge in [0.15, 0.2) is 0 Å². The summed E-state index contributed by atoms with van der Waals surface area (Å²) < 4.78 is 13.3. The summed E-state index contributed by atoms with van der Waals surface area (Å²) in [5.41, 5.74) is 7.45. The van der Waals surface area contributed by atoms with Crippen molar-refractivity contribution in [3.05, 3.63) is 18.0 Å². The lowest BCUT2D eigenvalue weighted by molar-refractivity contribution is -0.121. The summed E-state index contributed by atoms with van der Waals surface area (Å²) in [5.74, 6) is 0. The lowest BCUT2D eigenvalue weighted by Gasteiger charge is -2.41. The van der Waals surface area contributed by atoms with Crippen molar-refractivity contribution in [2.45, 2.75) is 44.2 Å². The Hall–Kier alpha value is -0.910. The fourth-order valence-electron chi connectivity index (χ4n) is 2.81. The second-order valence-electron chi connectivity index (χ2n) is 5.28. The molecule has 0 aromatic carbocycles. The number of aromatic nitrogens is 2. The summed E-state index contributed by atoms with van der Waals surface area (Å²) in [5, 5.41) is 4.19. The van der Waals surface area contributed by atoms with Gasteiger partial charge in [0, 0.05) is 51.9 Å². The Morgan fingerprint density at radius 1 is 1.53 bits per heavy atom. The van der Waals surface area contributed by atoms with Gasteiger partial charge in [0.25, 0.3) is 0 Å². The molecule has 5 nitrogen and oxygen atoms in total. The van der Waals surface area contributed by atoms with Crippen molar-refractivity contribution >= 4 is 0 Å². The SMILES string of the molecule is CCOC1(C(N)CCc2cnn(C)c2)CCOCC1. The van der Waals surface area contributed by atoms with Gasteiger partial charge in [-0.3, -0.25) is 4.68 Å². The van der Waals surface area contributed by atoms with E-state index in [1.165, 1.54) is 5.56 Å². The molecule has 1 aliphatic heterocycles. The maximum atomic E-state index is 6.42. The van der Waals surface area contributed by atoms with E-state index in [-0.39, 0.29) is 11.6 Å². The number of nitrogens with zero attached hydrogens (tertiary/aromatic N) is 2. The van der Waals surface area contributed by atoms with Gasteiger partial charge in [0.2, 0.25) is 0 Å². The monoisotopic (exact) mass is 267 g/mol. The smallest absolute Gasteiger partial charge is 0.0876 e. The van der Waals surface area contributed by atoms with Crippen LogP contribution in [0.15, 0.2) is 12.4 Å². The molecular formula is C14H25N3O2. The lowest BCUT2D eigenvalue weighted by Crippen LogP contribution is -2.53. The molecule has 1 atom stereocenters. The third kappa shape index (κ3) is 3.55. The number of rotatable bonds is 6. The predicted octanol–water partition coefficient (Wildman–Crippen LogP) is 1.27. The first-order chi connectivity index (χ1) is 9.16. The van der Waals surface area contributed by atoms with Crippen molar-refractivity contribution in [1.82, 2.24) is 9.78 Å². The quantitative estimate of drug-likeness (QED) is 0.843. The molecule has 108 valence electrons. The molecule has 1 aromatic heterocycles. The summed E-state index contributed by atoms with van der Waals surface area (Å²) in [6.45, 7) is 4.24. The van der Waals surface area contributed by atoms with Gasteiger partial charge in [-0.25, -0.2) is 0 Å². The number of nitrogens with two attached hydrogens (primary N) is 1. The minimum atomic E-state index is -0.199. The molecule has 0 saturated carbocycles. The number of ether oxygens (including phenoxy) is 2. The van der Waals surface area contributed by atoms with Crippen molar-refractivity contribution in [3.8, 4) is 0 Å². The lowest BCUT2D eigenvalue weighted by atomic mass is 9.83. The zero-order chi connectivity index (χ0) is 13.7. The molecule has 1 aromatic rings. The first kappa shape index (κ1) is 14.5. The van der Waals surface area contributed by atoms with E-state index in [0.717, 1.165) is 38.9 Å². The minimum Gasteiger partial charge on any atom is -0.381 e. The van der Waals surface area contributed by atoms with Crippen molar-refractivity contribution in [2.75, 3.05) is 19.8 Å². The molecule has 1 unspecified atom stereocenters. The van der Waals surface area contributed by atoms with Crippen LogP contribution in [0.1, 0.15) is 31.7 Å². The van der Waals surface area contributed by atoms with Crippen LogP contribution in [0.25, 0.3) is 0 Å². The average Bonchev–Trinajstić information content (AvgIpc) is 2.83. The molecule has 0 spiro atoms. The highest BCUT2D eigenvalue weighted by molar-refractivity contribution is 5.05. The molecule has 0 bridgehead atoms. The molecule has 1 saturated heterocycles. The third-order valence-electron chi connectivity index (χ3n) is 3.95. The van der Waals surface area contributed by atoms with Gasteiger partial charge in [0.1, 0.15) is 0 Å². The van der Waals surface area contributed by atoms with Gasteiger partial charge in [-0.1, -0.05) is 0 Å². The Labute approximate surface area is 115 Å². The van der Waals surface area contributed by atoms with E-state index < -0.39 is 0 Å². The number of aryl methyl sites for hydroxylation is 2. The first-order valence-electron chi connectivity index (χ1n) is 7.11. The van der Waals surface area contributed by atoms with Crippen LogP contribution in [0.4, 0.5) is 0 Å². The average molecular weight is 267 g/mol. The van der Waals surface area contributed by atoms with Gasteiger partial charge in [0.05, 0.1) is 11.8 Å². The van der Waals surface area contributed by atoms with Gasteiger partial charge in [-0.15, -0.1) is 0 Å². The van der Waals surface area contributed by atoms with Crippen molar-refractivity contribution in [1.29, 1.82) is 0 Å². The molecule has 2 heterocycles. The Kier molecular flexibility index (Phi) is 4.96. The van der Waals surface area contributed by atoms with Crippen LogP contribution >= 0.6 is 0 Å². The van der Waals surface area contributed by atoms with E-state index in [2.05, 4.69) is 5.10 Å². The maximum Gasteiger partial charge on any atom is 0.0876 e. The van der Waals surface area contributed by atoms with E-state index in [1.807, 2.05) is 31.0 Å². The van der Waals surface area contributed by atoms with E-state index in [4.69, 9.17) is 15.2 Å². The van der Waals surface area contributed by atoms with Crippen molar-refractivity contribution < 1.29 is 9.47 Å². The van der Waals surface area contributed by atoms with Crippen LogP contribution in [-0.4, -0.2) is 41.2 Å². The molecule has 0 aliphatic carbocycles. The first-order valence-corrected chi connectivity index (χ1v) is 7.11. The molecule has 0 radical (unpaired) electrons. The molecule has 19 heavy (non-hydrogen) atoms. The van der Waals surface area contributed by atoms with Gasteiger partial charge in [-0.2, -0.15) is 5.10 Å². The summed E-state index contributed by atoms with van der Waals surface area (Å²) in [6.07, 6.45) is 7.62. The Balaban J connectivity index is 1.93. The summed E-state index contributed by atoms with van der Waals surface area (Å²) in [4.78, 5) is 0. The van der Waals surface area contributed by atoms with E-state index >= 15 is 0 Å². The Morgan fingerprint density at radius 3 is 2.84 bits per heavy atom. The van der Waals surface area contributed by atoms with Crippen LogP contribution < -0.4 is 5.73 Å². The summed E-state index contributed by atoms with van der Waals surface area (Å²) in [7, 11) is 1.93.